The van der Waals surface area contributed by atoms with Crippen LogP contribution in [0.5, 0.6) is 11.5 Å². The number of ether oxygens (including phenoxy) is 2. The minimum atomic E-state index is -0.842. The molecule has 2 aromatic rings. The largest absolute Gasteiger partial charge is 0.484 e. The van der Waals surface area contributed by atoms with Crippen molar-refractivity contribution < 1.29 is 24.2 Å². The van der Waals surface area contributed by atoms with Crippen LogP contribution in [0.2, 0.25) is 20.1 Å². The summed E-state index contributed by atoms with van der Waals surface area (Å²) < 4.78 is 10.6. The SMILES string of the molecule is O=C(COc1ccc(Cl)c(Cl)c1)NCC[C@H](O)CNC(=O)COc1ccc(Cl)c(Cl)c1. The van der Waals surface area contributed by atoms with Crippen LogP contribution in [0.15, 0.2) is 36.4 Å². The van der Waals surface area contributed by atoms with Crippen molar-refractivity contribution in [2.75, 3.05) is 26.3 Å². The molecule has 0 aliphatic rings. The highest BCUT2D eigenvalue weighted by atomic mass is 35.5. The standard InChI is InChI=1S/C20H20Cl4N2O5/c21-15-3-1-13(7-17(15)23)30-10-19(28)25-6-5-12(27)9-26-20(29)11-31-14-2-4-16(22)18(24)8-14/h1-4,7-8,12,27H,5-6,9-11H2,(H,25,28)(H,26,29)/t12-/m0/s1. The van der Waals surface area contributed by atoms with Crippen LogP contribution in [0.4, 0.5) is 0 Å². The monoisotopic (exact) mass is 508 g/mol. The van der Waals surface area contributed by atoms with E-state index in [1.165, 1.54) is 12.1 Å². The number of amides is 2. The van der Waals surface area contributed by atoms with E-state index in [0.717, 1.165) is 0 Å². The smallest absolute Gasteiger partial charge is 0.258 e. The van der Waals surface area contributed by atoms with Crippen LogP contribution < -0.4 is 20.1 Å². The first kappa shape index (κ1) is 25.4. The van der Waals surface area contributed by atoms with Gasteiger partial charge < -0.3 is 25.2 Å². The van der Waals surface area contributed by atoms with Gasteiger partial charge in [-0.15, -0.1) is 0 Å². The van der Waals surface area contributed by atoms with E-state index in [9.17, 15) is 14.7 Å². The third-order valence-electron chi connectivity index (χ3n) is 3.86. The normalized spacial score (nSPS) is 11.5. The van der Waals surface area contributed by atoms with Crippen LogP contribution >= 0.6 is 46.4 Å². The third kappa shape index (κ3) is 9.41. The molecule has 0 unspecified atom stereocenters. The van der Waals surface area contributed by atoms with E-state index in [2.05, 4.69) is 10.6 Å². The highest BCUT2D eigenvalue weighted by molar-refractivity contribution is 6.42. The Morgan fingerprint density at radius 2 is 1.29 bits per heavy atom. The second-order valence-corrected chi connectivity index (χ2v) is 7.95. The first-order chi connectivity index (χ1) is 14.7. The van der Waals surface area contributed by atoms with E-state index in [4.69, 9.17) is 55.9 Å². The zero-order valence-electron chi connectivity index (χ0n) is 16.2. The molecule has 2 aromatic carbocycles. The lowest BCUT2D eigenvalue weighted by Gasteiger charge is -2.13. The molecule has 11 heteroatoms. The van der Waals surface area contributed by atoms with Crippen molar-refractivity contribution in [2.45, 2.75) is 12.5 Å². The van der Waals surface area contributed by atoms with Gasteiger partial charge in [0.05, 0.1) is 26.2 Å². The molecule has 0 bridgehead atoms. The summed E-state index contributed by atoms with van der Waals surface area (Å²) in [5.41, 5.74) is 0. The molecule has 2 amide bonds. The van der Waals surface area contributed by atoms with E-state index >= 15 is 0 Å². The first-order valence-corrected chi connectivity index (χ1v) is 10.6. The number of aliphatic hydroxyl groups is 1. The number of nitrogens with one attached hydrogen (secondary N) is 2. The van der Waals surface area contributed by atoms with Crippen LogP contribution in [-0.4, -0.2) is 49.3 Å². The molecule has 1 atom stereocenters. The maximum absolute atomic E-state index is 11.8. The molecule has 0 aliphatic carbocycles. The molecule has 0 saturated carbocycles. The van der Waals surface area contributed by atoms with Crippen LogP contribution in [-0.2, 0) is 9.59 Å². The fourth-order valence-corrected chi connectivity index (χ4v) is 2.82. The van der Waals surface area contributed by atoms with Crippen molar-refractivity contribution in [2.24, 2.45) is 0 Å². The minimum absolute atomic E-state index is 0.0131. The lowest BCUT2D eigenvalue weighted by molar-refractivity contribution is -0.124. The van der Waals surface area contributed by atoms with Crippen LogP contribution in [0.1, 0.15) is 6.42 Å². The number of hydrogen-bond donors (Lipinski definition) is 3. The van der Waals surface area contributed by atoms with Gasteiger partial charge in [-0.3, -0.25) is 9.59 Å². The van der Waals surface area contributed by atoms with Gasteiger partial charge >= 0.3 is 0 Å². The summed E-state index contributed by atoms with van der Waals surface area (Å²) in [4.78, 5) is 23.6. The molecule has 0 aromatic heterocycles. The number of hydrogen-bond acceptors (Lipinski definition) is 5. The van der Waals surface area contributed by atoms with E-state index < -0.39 is 12.0 Å². The molecule has 0 spiro atoms. The molecule has 7 nitrogen and oxygen atoms in total. The Morgan fingerprint density at radius 3 is 1.77 bits per heavy atom. The Morgan fingerprint density at radius 1 is 0.806 bits per heavy atom. The van der Waals surface area contributed by atoms with Gasteiger partial charge in [-0.25, -0.2) is 0 Å². The molecule has 0 saturated heterocycles. The average Bonchev–Trinajstić information content (AvgIpc) is 2.74. The van der Waals surface area contributed by atoms with Gasteiger partial charge in [0.25, 0.3) is 11.8 Å². The Hall–Kier alpha value is -1.90. The van der Waals surface area contributed by atoms with Gasteiger partial charge in [-0.05, 0) is 30.7 Å². The lowest BCUT2D eigenvalue weighted by Crippen LogP contribution is -2.37. The Labute approximate surface area is 199 Å². The Bertz CT molecular complexity index is 913. The van der Waals surface area contributed by atoms with Gasteiger partial charge in [0.15, 0.2) is 13.2 Å². The number of carbonyl (C=O) groups is 2. The second kappa shape index (κ2) is 12.8. The highest BCUT2D eigenvalue weighted by Gasteiger charge is 2.10. The zero-order chi connectivity index (χ0) is 22.8. The summed E-state index contributed by atoms with van der Waals surface area (Å²) in [6.07, 6.45) is -0.600. The number of halogens is 4. The predicted molar refractivity (Wildman–Crippen MR) is 121 cm³/mol. The Kier molecular flexibility index (Phi) is 10.5. The predicted octanol–water partition coefficient (Wildman–Crippen LogP) is 3.74. The van der Waals surface area contributed by atoms with Crippen molar-refractivity contribution in [1.29, 1.82) is 0 Å². The molecule has 168 valence electrons. The van der Waals surface area contributed by atoms with Crippen LogP contribution in [0.25, 0.3) is 0 Å². The summed E-state index contributed by atoms with van der Waals surface area (Å²) in [5.74, 6) is 0.0350. The van der Waals surface area contributed by atoms with Crippen LogP contribution in [0.3, 0.4) is 0 Å². The summed E-state index contributed by atoms with van der Waals surface area (Å²) in [6, 6.07) is 9.32. The molecule has 0 radical (unpaired) electrons. The average molecular weight is 510 g/mol. The first-order valence-electron chi connectivity index (χ1n) is 9.11. The maximum Gasteiger partial charge on any atom is 0.258 e. The fourth-order valence-electron chi connectivity index (χ4n) is 2.25. The van der Waals surface area contributed by atoms with Gasteiger partial charge in [0.1, 0.15) is 11.5 Å². The molecule has 0 aliphatic heterocycles. The minimum Gasteiger partial charge on any atom is -0.484 e. The summed E-state index contributed by atoms with van der Waals surface area (Å²) >= 11 is 23.4. The van der Waals surface area contributed by atoms with Gasteiger partial charge in [-0.2, -0.15) is 0 Å². The van der Waals surface area contributed by atoms with E-state index in [0.29, 0.717) is 31.6 Å². The Balaban J connectivity index is 1.57. The number of benzene rings is 2. The third-order valence-corrected chi connectivity index (χ3v) is 5.33. The molecule has 3 N–H and O–H groups in total. The van der Waals surface area contributed by atoms with Crippen molar-refractivity contribution in [1.82, 2.24) is 10.6 Å². The molecule has 0 fully saturated rings. The molecular weight excluding hydrogens is 490 g/mol. The van der Waals surface area contributed by atoms with E-state index in [1.807, 2.05) is 0 Å². The zero-order valence-corrected chi connectivity index (χ0v) is 19.2. The lowest BCUT2D eigenvalue weighted by atomic mass is 10.2. The van der Waals surface area contributed by atoms with Gasteiger partial charge in [0, 0.05) is 25.2 Å². The highest BCUT2D eigenvalue weighted by Crippen LogP contribution is 2.27. The molecule has 2 rings (SSSR count). The summed E-state index contributed by atoms with van der Waals surface area (Å²) in [5, 5.41) is 16.5. The van der Waals surface area contributed by atoms with E-state index in [1.54, 1.807) is 24.3 Å². The summed E-state index contributed by atoms with van der Waals surface area (Å²) in [6.45, 7) is -0.232. The van der Waals surface area contributed by atoms with Gasteiger partial charge in [-0.1, -0.05) is 46.4 Å². The van der Waals surface area contributed by atoms with Crippen molar-refractivity contribution >= 4 is 58.2 Å². The molecule has 0 heterocycles. The van der Waals surface area contributed by atoms with Crippen LogP contribution in [0, 0.1) is 0 Å². The van der Waals surface area contributed by atoms with Gasteiger partial charge in [0.2, 0.25) is 0 Å². The molecular formula is C20H20Cl4N2O5. The maximum atomic E-state index is 11.8. The topological polar surface area (TPSA) is 96.9 Å². The summed E-state index contributed by atoms with van der Waals surface area (Å²) in [7, 11) is 0. The fraction of sp³-hybridized carbons (Fsp3) is 0.300. The number of carbonyl (C=O) groups excluding carboxylic acids is 2. The van der Waals surface area contributed by atoms with Crippen molar-refractivity contribution in [3.8, 4) is 11.5 Å². The second-order valence-electron chi connectivity index (χ2n) is 6.33. The number of aliphatic hydroxyl groups excluding tert-OH is 1. The number of rotatable bonds is 11. The van der Waals surface area contributed by atoms with Crippen molar-refractivity contribution in [3.05, 3.63) is 56.5 Å². The van der Waals surface area contributed by atoms with E-state index in [-0.39, 0.29) is 38.6 Å². The molecule has 31 heavy (non-hydrogen) atoms. The quantitative estimate of drug-likeness (QED) is 0.428. The van der Waals surface area contributed by atoms with Crippen molar-refractivity contribution in [3.63, 3.8) is 0 Å².